The van der Waals surface area contributed by atoms with Gasteiger partial charge in [-0.15, -0.1) is 0 Å². The molecule has 1 aromatic heterocycles. The summed E-state index contributed by atoms with van der Waals surface area (Å²) in [6.07, 6.45) is 5.66. The quantitative estimate of drug-likeness (QED) is 0.600. The molecule has 0 fully saturated rings. The van der Waals surface area contributed by atoms with E-state index in [0.717, 1.165) is 12.8 Å². The third-order valence-electron chi connectivity index (χ3n) is 1.69. The molecule has 1 heterocycles. The lowest BCUT2D eigenvalue weighted by Crippen LogP contribution is -2.05. The summed E-state index contributed by atoms with van der Waals surface area (Å²) >= 11 is 0. The number of nitrogens with zero attached hydrogens (tertiary/aromatic N) is 1. The first-order chi connectivity index (χ1) is 5.33. The molecule has 1 unspecified atom stereocenters. The van der Waals surface area contributed by atoms with Crippen LogP contribution in [-0.4, -0.2) is 10.9 Å². The molecule has 0 bridgehead atoms. The molecule has 0 N–H and O–H groups in total. The SMILES string of the molecule is CC(CC=O)Cn1cccc1. The number of carbonyl (C=O) groups excluding carboxylic acids is 1. The van der Waals surface area contributed by atoms with E-state index in [1.807, 2.05) is 24.5 Å². The Bertz CT molecular complexity index is 203. The number of rotatable bonds is 4. The van der Waals surface area contributed by atoms with Gasteiger partial charge in [-0.2, -0.15) is 0 Å². The van der Waals surface area contributed by atoms with Crippen LogP contribution in [0, 0.1) is 5.92 Å². The fourth-order valence-corrected chi connectivity index (χ4v) is 1.09. The van der Waals surface area contributed by atoms with Crippen LogP contribution in [0.3, 0.4) is 0 Å². The van der Waals surface area contributed by atoms with Crippen molar-refractivity contribution in [2.45, 2.75) is 19.9 Å². The largest absolute Gasteiger partial charge is 0.354 e. The van der Waals surface area contributed by atoms with E-state index in [0.29, 0.717) is 12.3 Å². The summed E-state index contributed by atoms with van der Waals surface area (Å²) in [5.41, 5.74) is 0. The average Bonchev–Trinajstić information content (AvgIpc) is 2.40. The third kappa shape index (κ3) is 2.58. The standard InChI is InChI=1S/C9H13NO/c1-9(4-7-11)8-10-5-2-3-6-10/h2-3,5-7,9H,4,8H2,1H3. The Morgan fingerprint density at radius 1 is 1.45 bits per heavy atom. The van der Waals surface area contributed by atoms with Gasteiger partial charge in [-0.3, -0.25) is 0 Å². The normalized spacial score (nSPS) is 12.8. The highest BCUT2D eigenvalue weighted by atomic mass is 16.1. The molecule has 0 saturated carbocycles. The van der Waals surface area contributed by atoms with Crippen molar-refractivity contribution in [3.63, 3.8) is 0 Å². The highest BCUT2D eigenvalue weighted by Crippen LogP contribution is 2.03. The summed E-state index contributed by atoms with van der Waals surface area (Å²) in [7, 11) is 0. The van der Waals surface area contributed by atoms with Crippen molar-refractivity contribution in [3.05, 3.63) is 24.5 Å². The number of carbonyl (C=O) groups is 1. The Labute approximate surface area is 66.8 Å². The van der Waals surface area contributed by atoms with Crippen LogP contribution in [-0.2, 0) is 11.3 Å². The Balaban J connectivity index is 2.37. The molecule has 2 nitrogen and oxygen atoms in total. The molecule has 0 radical (unpaired) electrons. The first-order valence-electron chi connectivity index (χ1n) is 3.87. The van der Waals surface area contributed by atoms with Gasteiger partial charge in [0.1, 0.15) is 6.29 Å². The van der Waals surface area contributed by atoms with Gasteiger partial charge in [0.05, 0.1) is 0 Å². The lowest BCUT2D eigenvalue weighted by molar-refractivity contribution is -0.108. The maximum atomic E-state index is 10.1. The summed E-state index contributed by atoms with van der Waals surface area (Å²) in [5.74, 6) is 0.444. The Morgan fingerprint density at radius 2 is 2.09 bits per heavy atom. The maximum absolute atomic E-state index is 10.1. The molecular weight excluding hydrogens is 138 g/mol. The van der Waals surface area contributed by atoms with Crippen molar-refractivity contribution >= 4 is 6.29 Å². The Kier molecular flexibility index (Phi) is 2.90. The fourth-order valence-electron chi connectivity index (χ4n) is 1.09. The summed E-state index contributed by atoms with van der Waals surface area (Å²) in [4.78, 5) is 10.1. The van der Waals surface area contributed by atoms with Gasteiger partial charge < -0.3 is 9.36 Å². The van der Waals surface area contributed by atoms with Crippen molar-refractivity contribution in [1.29, 1.82) is 0 Å². The van der Waals surface area contributed by atoms with Crippen LogP contribution in [0.1, 0.15) is 13.3 Å². The first-order valence-corrected chi connectivity index (χ1v) is 3.87. The maximum Gasteiger partial charge on any atom is 0.120 e. The van der Waals surface area contributed by atoms with E-state index in [1.165, 1.54) is 0 Å². The minimum atomic E-state index is 0.444. The molecule has 1 atom stereocenters. The number of aldehydes is 1. The summed E-state index contributed by atoms with van der Waals surface area (Å²) in [6.45, 7) is 3.01. The van der Waals surface area contributed by atoms with Crippen molar-refractivity contribution in [3.8, 4) is 0 Å². The summed E-state index contributed by atoms with van der Waals surface area (Å²) < 4.78 is 2.09. The van der Waals surface area contributed by atoms with Gasteiger partial charge in [0.15, 0.2) is 0 Å². The minimum absolute atomic E-state index is 0.444. The molecule has 1 aromatic rings. The van der Waals surface area contributed by atoms with Crippen LogP contribution < -0.4 is 0 Å². The zero-order chi connectivity index (χ0) is 8.10. The van der Waals surface area contributed by atoms with Gasteiger partial charge in [0, 0.05) is 25.4 Å². The van der Waals surface area contributed by atoms with Crippen LogP contribution in [0.2, 0.25) is 0 Å². The summed E-state index contributed by atoms with van der Waals surface area (Å²) in [6, 6.07) is 3.99. The van der Waals surface area contributed by atoms with Crippen molar-refractivity contribution < 1.29 is 4.79 Å². The lowest BCUT2D eigenvalue weighted by Gasteiger charge is -2.07. The second kappa shape index (κ2) is 3.96. The van der Waals surface area contributed by atoms with E-state index in [4.69, 9.17) is 0 Å². The van der Waals surface area contributed by atoms with Crippen molar-refractivity contribution in [1.82, 2.24) is 4.57 Å². The Hall–Kier alpha value is -1.05. The van der Waals surface area contributed by atoms with Crippen LogP contribution in [0.15, 0.2) is 24.5 Å². The number of aromatic nitrogens is 1. The van der Waals surface area contributed by atoms with E-state index < -0.39 is 0 Å². The third-order valence-corrected chi connectivity index (χ3v) is 1.69. The Morgan fingerprint density at radius 3 is 2.64 bits per heavy atom. The molecule has 0 spiro atoms. The molecule has 0 aliphatic heterocycles. The summed E-state index contributed by atoms with van der Waals surface area (Å²) in [5, 5.41) is 0. The minimum Gasteiger partial charge on any atom is -0.354 e. The molecule has 0 aromatic carbocycles. The van der Waals surface area contributed by atoms with Crippen molar-refractivity contribution in [2.75, 3.05) is 0 Å². The van der Waals surface area contributed by atoms with E-state index in [2.05, 4.69) is 11.5 Å². The molecule has 2 heteroatoms. The lowest BCUT2D eigenvalue weighted by atomic mass is 10.1. The van der Waals surface area contributed by atoms with E-state index in [9.17, 15) is 4.79 Å². The van der Waals surface area contributed by atoms with E-state index in [-0.39, 0.29) is 0 Å². The number of hydrogen-bond acceptors (Lipinski definition) is 1. The van der Waals surface area contributed by atoms with Crippen LogP contribution >= 0.6 is 0 Å². The fraction of sp³-hybridized carbons (Fsp3) is 0.444. The van der Waals surface area contributed by atoms with Gasteiger partial charge in [-0.25, -0.2) is 0 Å². The predicted molar refractivity (Wildman–Crippen MR) is 44.3 cm³/mol. The molecule has 0 aliphatic rings. The molecule has 0 saturated heterocycles. The van der Waals surface area contributed by atoms with E-state index >= 15 is 0 Å². The van der Waals surface area contributed by atoms with Crippen LogP contribution in [0.5, 0.6) is 0 Å². The molecule has 0 amide bonds. The van der Waals surface area contributed by atoms with Crippen molar-refractivity contribution in [2.24, 2.45) is 5.92 Å². The molecular formula is C9H13NO. The predicted octanol–water partition coefficient (Wildman–Crippen LogP) is 1.71. The van der Waals surface area contributed by atoms with E-state index in [1.54, 1.807) is 0 Å². The molecule has 60 valence electrons. The highest BCUT2D eigenvalue weighted by Gasteiger charge is 1.99. The monoisotopic (exact) mass is 151 g/mol. The topological polar surface area (TPSA) is 22.0 Å². The van der Waals surface area contributed by atoms with Gasteiger partial charge >= 0.3 is 0 Å². The zero-order valence-corrected chi connectivity index (χ0v) is 6.73. The molecule has 11 heavy (non-hydrogen) atoms. The van der Waals surface area contributed by atoms with Gasteiger partial charge in [0.2, 0.25) is 0 Å². The average molecular weight is 151 g/mol. The molecule has 1 rings (SSSR count). The van der Waals surface area contributed by atoms with Crippen LogP contribution in [0.25, 0.3) is 0 Å². The zero-order valence-electron chi connectivity index (χ0n) is 6.73. The second-order valence-corrected chi connectivity index (χ2v) is 2.89. The first kappa shape index (κ1) is 8.05. The van der Waals surface area contributed by atoms with Gasteiger partial charge in [-0.1, -0.05) is 6.92 Å². The van der Waals surface area contributed by atoms with Crippen LogP contribution in [0.4, 0.5) is 0 Å². The highest BCUT2D eigenvalue weighted by molar-refractivity contribution is 5.49. The smallest absolute Gasteiger partial charge is 0.120 e. The number of hydrogen-bond donors (Lipinski definition) is 0. The van der Waals surface area contributed by atoms with Gasteiger partial charge in [-0.05, 0) is 18.1 Å². The van der Waals surface area contributed by atoms with Gasteiger partial charge in [0.25, 0.3) is 0 Å². The second-order valence-electron chi connectivity index (χ2n) is 2.89. The molecule has 0 aliphatic carbocycles.